The molecule has 1 amide bonds. The van der Waals surface area contributed by atoms with E-state index in [1.165, 1.54) is 16.8 Å². The molecule has 3 N–H and O–H groups in total. The van der Waals surface area contributed by atoms with Gasteiger partial charge in [-0.25, -0.2) is 22.9 Å². The summed E-state index contributed by atoms with van der Waals surface area (Å²) in [6.07, 6.45) is -1.65. The Kier molecular flexibility index (Phi) is 6.56. The minimum absolute atomic E-state index is 0.0350. The van der Waals surface area contributed by atoms with Gasteiger partial charge in [0.1, 0.15) is 17.9 Å². The van der Waals surface area contributed by atoms with Gasteiger partial charge < -0.3 is 20.1 Å². The van der Waals surface area contributed by atoms with Crippen LogP contribution in [0.4, 0.5) is 29.7 Å². The second-order valence-electron chi connectivity index (χ2n) is 7.98. The Hall–Kier alpha value is -3.51. The van der Waals surface area contributed by atoms with Crippen molar-refractivity contribution in [1.29, 1.82) is 0 Å². The molecule has 3 aromatic rings. The molecular weight excluding hydrogens is 443 g/mol. The SMILES string of the molecule is CC(C)NC(=O)O[C@@H]1CC[C@H](c2cc(Nc3nccc4nc(OCC(F)F)cn34)n[nH]2)[C@@H]1F. The van der Waals surface area contributed by atoms with Gasteiger partial charge in [-0.15, -0.1) is 0 Å². The molecule has 1 saturated carbocycles. The number of alkyl halides is 3. The van der Waals surface area contributed by atoms with Gasteiger partial charge in [0.25, 0.3) is 6.43 Å². The molecule has 13 heteroatoms. The van der Waals surface area contributed by atoms with E-state index >= 15 is 0 Å². The van der Waals surface area contributed by atoms with Gasteiger partial charge >= 0.3 is 6.09 Å². The maximum absolute atomic E-state index is 14.9. The third-order valence-corrected chi connectivity index (χ3v) is 5.12. The summed E-state index contributed by atoms with van der Waals surface area (Å²) in [5.74, 6) is 0.228. The molecular formula is C20H24F3N7O3. The Bertz CT molecular complexity index is 1100. The van der Waals surface area contributed by atoms with Crippen LogP contribution in [0.1, 0.15) is 38.3 Å². The second-order valence-corrected chi connectivity index (χ2v) is 7.98. The number of halogens is 3. The van der Waals surface area contributed by atoms with Crippen molar-refractivity contribution in [3.8, 4) is 5.88 Å². The number of alkyl carbamates (subject to hydrolysis) is 1. The second kappa shape index (κ2) is 9.55. The van der Waals surface area contributed by atoms with E-state index in [1.54, 1.807) is 26.0 Å². The van der Waals surface area contributed by atoms with Crippen molar-refractivity contribution in [3.63, 3.8) is 0 Å². The van der Waals surface area contributed by atoms with E-state index in [0.717, 1.165) is 0 Å². The zero-order valence-electron chi connectivity index (χ0n) is 18.0. The minimum Gasteiger partial charge on any atom is -0.470 e. The number of aromatic nitrogens is 5. The fraction of sp³-hybridized carbons (Fsp3) is 0.500. The van der Waals surface area contributed by atoms with Crippen LogP contribution in [-0.2, 0) is 4.74 Å². The minimum atomic E-state index is -2.61. The fourth-order valence-corrected chi connectivity index (χ4v) is 3.69. The van der Waals surface area contributed by atoms with Crippen molar-refractivity contribution in [2.24, 2.45) is 0 Å². The first kappa shape index (κ1) is 22.7. The third kappa shape index (κ3) is 5.29. The van der Waals surface area contributed by atoms with Crippen LogP contribution in [0.5, 0.6) is 5.88 Å². The number of carbonyl (C=O) groups excluding carboxylic acids is 1. The number of H-pyrrole nitrogens is 1. The Labute approximate surface area is 186 Å². The lowest BCUT2D eigenvalue weighted by atomic mass is 10.0. The molecule has 1 aliphatic rings. The smallest absolute Gasteiger partial charge is 0.407 e. The molecule has 3 heterocycles. The number of aromatic amines is 1. The van der Waals surface area contributed by atoms with E-state index in [4.69, 9.17) is 9.47 Å². The number of hydrogen-bond donors (Lipinski definition) is 3. The number of ether oxygens (including phenoxy) is 2. The van der Waals surface area contributed by atoms with Crippen LogP contribution in [0.15, 0.2) is 24.5 Å². The van der Waals surface area contributed by atoms with Gasteiger partial charge in [0.2, 0.25) is 11.8 Å². The van der Waals surface area contributed by atoms with Gasteiger partial charge in [0.15, 0.2) is 12.4 Å². The highest BCUT2D eigenvalue weighted by Crippen LogP contribution is 2.38. The van der Waals surface area contributed by atoms with E-state index in [1.807, 2.05) is 0 Å². The predicted molar refractivity (Wildman–Crippen MR) is 112 cm³/mol. The lowest BCUT2D eigenvalue weighted by Gasteiger charge is -2.18. The molecule has 10 nitrogen and oxygen atoms in total. The maximum atomic E-state index is 14.9. The molecule has 0 aromatic carbocycles. The number of nitrogens with one attached hydrogen (secondary N) is 3. The summed E-state index contributed by atoms with van der Waals surface area (Å²) in [5.41, 5.74) is 0.992. The standard InChI is InChI=1S/C20H24F3N7O3/c1-10(2)25-20(31)33-13-4-3-11(18(13)23)12-7-15(29-28-12)26-19-24-6-5-16-27-17(8-30(16)19)32-9-14(21)22/h5-8,10-11,13-14,18H,3-4,9H2,1-2H3,(H,25,31)(H2,24,26,28,29)/t11-,13-,18+/m1/s1. The largest absolute Gasteiger partial charge is 0.470 e. The fourth-order valence-electron chi connectivity index (χ4n) is 3.69. The predicted octanol–water partition coefficient (Wildman–Crippen LogP) is 3.56. The summed E-state index contributed by atoms with van der Waals surface area (Å²) in [5, 5.41) is 12.6. The van der Waals surface area contributed by atoms with E-state index in [-0.39, 0.29) is 11.9 Å². The molecule has 0 saturated heterocycles. The van der Waals surface area contributed by atoms with Gasteiger partial charge in [0, 0.05) is 29.9 Å². The first-order chi connectivity index (χ1) is 15.8. The van der Waals surface area contributed by atoms with Crippen molar-refractivity contribution in [2.45, 2.75) is 57.3 Å². The number of amides is 1. The number of carbonyl (C=O) groups is 1. The summed E-state index contributed by atoms with van der Waals surface area (Å²) >= 11 is 0. The summed E-state index contributed by atoms with van der Waals surface area (Å²) in [6.45, 7) is 2.82. The first-order valence-corrected chi connectivity index (χ1v) is 10.5. The molecule has 1 aliphatic carbocycles. The number of anilines is 2. The Morgan fingerprint density at radius 2 is 2.18 bits per heavy atom. The van der Waals surface area contributed by atoms with Crippen molar-refractivity contribution in [3.05, 3.63) is 30.2 Å². The molecule has 0 radical (unpaired) electrons. The van der Waals surface area contributed by atoms with Crippen LogP contribution in [0.2, 0.25) is 0 Å². The average Bonchev–Trinajstić information content (AvgIpc) is 3.45. The molecule has 0 spiro atoms. The lowest BCUT2D eigenvalue weighted by Crippen LogP contribution is -2.36. The van der Waals surface area contributed by atoms with Crippen LogP contribution in [0, 0.1) is 0 Å². The molecule has 178 valence electrons. The van der Waals surface area contributed by atoms with E-state index in [0.29, 0.717) is 35.9 Å². The monoisotopic (exact) mass is 467 g/mol. The highest BCUT2D eigenvalue weighted by atomic mass is 19.3. The lowest BCUT2D eigenvalue weighted by molar-refractivity contribution is 0.0555. The Balaban J connectivity index is 1.43. The summed E-state index contributed by atoms with van der Waals surface area (Å²) in [7, 11) is 0. The normalized spacial score (nSPS) is 20.5. The van der Waals surface area contributed by atoms with Crippen LogP contribution >= 0.6 is 0 Å². The van der Waals surface area contributed by atoms with Gasteiger partial charge in [-0.3, -0.25) is 9.50 Å². The Morgan fingerprint density at radius 1 is 1.36 bits per heavy atom. The van der Waals surface area contributed by atoms with Crippen molar-refractivity contribution < 1.29 is 27.4 Å². The molecule has 0 bridgehead atoms. The van der Waals surface area contributed by atoms with Crippen molar-refractivity contribution in [1.82, 2.24) is 29.9 Å². The molecule has 33 heavy (non-hydrogen) atoms. The van der Waals surface area contributed by atoms with E-state index in [2.05, 4.69) is 30.8 Å². The number of imidazole rings is 1. The molecule has 3 atom stereocenters. The number of nitrogens with zero attached hydrogens (tertiary/aromatic N) is 4. The summed E-state index contributed by atoms with van der Waals surface area (Å²) in [4.78, 5) is 20.1. The van der Waals surface area contributed by atoms with Gasteiger partial charge in [-0.1, -0.05) is 0 Å². The van der Waals surface area contributed by atoms with E-state index in [9.17, 15) is 18.0 Å². The molecule has 0 unspecified atom stereocenters. The number of rotatable bonds is 8. The highest BCUT2D eigenvalue weighted by Gasteiger charge is 2.40. The topological polar surface area (TPSA) is 118 Å². The number of fused-ring (bicyclic) bond motifs is 1. The molecule has 4 rings (SSSR count). The van der Waals surface area contributed by atoms with Gasteiger partial charge in [-0.05, 0) is 32.8 Å². The quantitative estimate of drug-likeness (QED) is 0.464. The molecule has 3 aromatic heterocycles. The van der Waals surface area contributed by atoms with Crippen LogP contribution in [0.25, 0.3) is 5.65 Å². The van der Waals surface area contributed by atoms with Crippen molar-refractivity contribution in [2.75, 3.05) is 11.9 Å². The molecule has 1 fully saturated rings. The zero-order valence-corrected chi connectivity index (χ0v) is 18.0. The van der Waals surface area contributed by atoms with Crippen LogP contribution in [0.3, 0.4) is 0 Å². The highest BCUT2D eigenvalue weighted by molar-refractivity contribution is 5.67. The number of hydrogen-bond acceptors (Lipinski definition) is 7. The third-order valence-electron chi connectivity index (χ3n) is 5.12. The van der Waals surface area contributed by atoms with Crippen molar-refractivity contribution >= 4 is 23.5 Å². The first-order valence-electron chi connectivity index (χ1n) is 10.5. The van der Waals surface area contributed by atoms with Crippen LogP contribution < -0.4 is 15.4 Å². The maximum Gasteiger partial charge on any atom is 0.407 e. The molecule has 0 aliphatic heterocycles. The zero-order chi connectivity index (χ0) is 23.5. The summed E-state index contributed by atoms with van der Waals surface area (Å²) < 4.78 is 51.4. The van der Waals surface area contributed by atoms with Crippen LogP contribution in [-0.4, -0.2) is 62.0 Å². The Morgan fingerprint density at radius 3 is 2.94 bits per heavy atom. The van der Waals surface area contributed by atoms with E-state index < -0.39 is 37.3 Å². The van der Waals surface area contributed by atoms with Gasteiger partial charge in [-0.2, -0.15) is 10.1 Å². The van der Waals surface area contributed by atoms with Gasteiger partial charge in [0.05, 0.1) is 6.20 Å². The summed E-state index contributed by atoms with van der Waals surface area (Å²) in [6, 6.07) is 3.15. The average molecular weight is 467 g/mol.